The Hall–Kier alpha value is -2.81. The molecule has 3 heteroatoms. The van der Waals surface area contributed by atoms with E-state index >= 15 is 0 Å². The highest BCUT2D eigenvalue weighted by Crippen LogP contribution is 2.21. The molecule has 0 unspecified atom stereocenters. The number of hydrogen-bond donors (Lipinski definition) is 1. The van der Waals surface area contributed by atoms with Gasteiger partial charge in [-0.15, -0.1) is 0 Å². The number of carbonyl (C=O) groups is 1. The quantitative estimate of drug-likeness (QED) is 0.536. The van der Waals surface area contributed by atoms with E-state index in [4.69, 9.17) is 0 Å². The largest absolute Gasteiger partial charge is 0.477 e. The zero-order valence-electron chi connectivity index (χ0n) is 15.2. The normalized spacial score (nSPS) is 10.8. The second-order valence-electron chi connectivity index (χ2n) is 6.68. The van der Waals surface area contributed by atoms with Gasteiger partial charge in [-0.05, 0) is 47.2 Å². The highest BCUT2D eigenvalue weighted by Gasteiger charge is 2.08. The first-order valence-electron chi connectivity index (χ1n) is 9.24. The van der Waals surface area contributed by atoms with Gasteiger partial charge in [-0.1, -0.05) is 68.3 Å². The van der Waals surface area contributed by atoms with Gasteiger partial charge in [0, 0.05) is 12.7 Å². The third-order valence-electron chi connectivity index (χ3n) is 4.71. The maximum Gasteiger partial charge on any atom is 0.352 e. The smallest absolute Gasteiger partial charge is 0.352 e. The van der Waals surface area contributed by atoms with E-state index < -0.39 is 5.97 Å². The second-order valence-corrected chi connectivity index (χ2v) is 6.68. The van der Waals surface area contributed by atoms with Crippen molar-refractivity contribution in [2.45, 2.75) is 39.2 Å². The lowest BCUT2D eigenvalue weighted by molar-refractivity contribution is 0.0685. The minimum Gasteiger partial charge on any atom is -0.477 e. The molecule has 0 bridgehead atoms. The molecule has 134 valence electrons. The van der Waals surface area contributed by atoms with Crippen molar-refractivity contribution in [1.82, 2.24) is 4.57 Å². The Morgan fingerprint density at radius 1 is 0.885 bits per heavy atom. The van der Waals surface area contributed by atoms with Crippen LogP contribution in [0.25, 0.3) is 11.1 Å². The average Bonchev–Trinajstić information content (AvgIpc) is 3.12. The van der Waals surface area contributed by atoms with Gasteiger partial charge in [-0.2, -0.15) is 0 Å². The number of nitrogens with zero attached hydrogens (tertiary/aromatic N) is 1. The molecule has 3 rings (SSSR count). The zero-order valence-corrected chi connectivity index (χ0v) is 15.2. The van der Waals surface area contributed by atoms with Crippen molar-refractivity contribution in [3.8, 4) is 11.1 Å². The number of hydrogen-bond acceptors (Lipinski definition) is 1. The maximum absolute atomic E-state index is 11.2. The molecule has 3 aromatic rings. The molecule has 1 heterocycles. The Labute approximate surface area is 154 Å². The van der Waals surface area contributed by atoms with E-state index in [1.54, 1.807) is 22.9 Å². The molecule has 26 heavy (non-hydrogen) atoms. The van der Waals surface area contributed by atoms with Crippen LogP contribution < -0.4 is 0 Å². The fourth-order valence-electron chi connectivity index (χ4n) is 3.19. The minimum absolute atomic E-state index is 0.313. The summed E-state index contributed by atoms with van der Waals surface area (Å²) in [5, 5.41) is 9.19. The van der Waals surface area contributed by atoms with Crippen molar-refractivity contribution in [1.29, 1.82) is 0 Å². The molecule has 1 aromatic heterocycles. The van der Waals surface area contributed by atoms with Crippen LogP contribution in [0, 0.1) is 0 Å². The lowest BCUT2D eigenvalue weighted by Gasteiger charge is -2.08. The molecule has 0 aliphatic rings. The predicted molar refractivity (Wildman–Crippen MR) is 106 cm³/mol. The van der Waals surface area contributed by atoms with Gasteiger partial charge in [0.05, 0.1) is 0 Å². The lowest BCUT2D eigenvalue weighted by atomic mass is 10.0. The summed E-state index contributed by atoms with van der Waals surface area (Å²) < 4.78 is 1.75. The Kier molecular flexibility index (Phi) is 5.90. The SMILES string of the molecule is CCCCCc1ccc(-c2ccc(Cn3cccc3C(=O)O)cc2)cc1. The number of aromatic carboxylic acids is 1. The number of aryl methyl sites for hydroxylation is 1. The van der Waals surface area contributed by atoms with Crippen LogP contribution in [0.1, 0.15) is 47.8 Å². The predicted octanol–water partition coefficient (Wildman–Crippen LogP) is 5.63. The first-order chi connectivity index (χ1) is 12.7. The van der Waals surface area contributed by atoms with Crippen LogP contribution in [0.3, 0.4) is 0 Å². The fourth-order valence-corrected chi connectivity index (χ4v) is 3.19. The van der Waals surface area contributed by atoms with Crippen LogP contribution in [0.4, 0.5) is 0 Å². The monoisotopic (exact) mass is 347 g/mol. The van der Waals surface area contributed by atoms with Gasteiger partial charge in [0.2, 0.25) is 0 Å². The molecule has 2 aromatic carbocycles. The van der Waals surface area contributed by atoms with E-state index in [-0.39, 0.29) is 0 Å². The number of benzene rings is 2. The molecule has 0 aliphatic heterocycles. The highest BCUT2D eigenvalue weighted by atomic mass is 16.4. The molecule has 1 N–H and O–H groups in total. The van der Waals surface area contributed by atoms with Crippen molar-refractivity contribution in [3.63, 3.8) is 0 Å². The van der Waals surface area contributed by atoms with E-state index in [9.17, 15) is 9.90 Å². The van der Waals surface area contributed by atoms with E-state index in [2.05, 4.69) is 55.5 Å². The third-order valence-corrected chi connectivity index (χ3v) is 4.71. The standard InChI is InChI=1S/C23H25NO2/c1-2-3-4-6-18-8-12-20(13-9-18)21-14-10-19(11-15-21)17-24-16-5-7-22(24)23(25)26/h5,7-16H,2-4,6,17H2,1H3,(H,25,26). The maximum atomic E-state index is 11.2. The molecule has 0 saturated carbocycles. The van der Waals surface area contributed by atoms with E-state index in [1.807, 2.05) is 0 Å². The summed E-state index contributed by atoms with van der Waals surface area (Å²) >= 11 is 0. The Morgan fingerprint density at radius 2 is 1.50 bits per heavy atom. The summed E-state index contributed by atoms with van der Waals surface area (Å²) in [6, 6.07) is 20.5. The van der Waals surface area contributed by atoms with E-state index in [1.165, 1.54) is 36.0 Å². The molecule has 0 spiro atoms. The summed E-state index contributed by atoms with van der Waals surface area (Å²) in [6.07, 6.45) is 6.74. The Balaban J connectivity index is 1.67. The third kappa shape index (κ3) is 4.42. The molecular weight excluding hydrogens is 322 g/mol. The first-order valence-corrected chi connectivity index (χ1v) is 9.24. The molecule has 0 amide bonds. The molecule has 0 atom stereocenters. The summed E-state index contributed by atoms with van der Waals surface area (Å²) in [4.78, 5) is 11.2. The van der Waals surface area contributed by atoms with Crippen LogP contribution in [0.15, 0.2) is 66.9 Å². The highest BCUT2D eigenvalue weighted by molar-refractivity contribution is 5.85. The molecular formula is C23H25NO2. The number of aromatic nitrogens is 1. The van der Waals surface area contributed by atoms with Crippen LogP contribution >= 0.6 is 0 Å². The molecule has 0 fully saturated rings. The first kappa shape index (κ1) is 18.0. The van der Waals surface area contributed by atoms with Gasteiger partial charge in [0.25, 0.3) is 0 Å². The minimum atomic E-state index is -0.898. The molecule has 3 nitrogen and oxygen atoms in total. The van der Waals surface area contributed by atoms with Crippen molar-refractivity contribution in [2.75, 3.05) is 0 Å². The zero-order chi connectivity index (χ0) is 18.4. The van der Waals surface area contributed by atoms with Gasteiger partial charge in [0.15, 0.2) is 0 Å². The molecule has 0 saturated heterocycles. The van der Waals surface area contributed by atoms with Crippen molar-refractivity contribution in [2.24, 2.45) is 0 Å². The number of unbranched alkanes of at least 4 members (excludes halogenated alkanes) is 2. The molecule has 0 aliphatic carbocycles. The van der Waals surface area contributed by atoms with Gasteiger partial charge in [0.1, 0.15) is 5.69 Å². The summed E-state index contributed by atoms with van der Waals surface area (Å²) in [5.41, 5.74) is 5.19. The van der Waals surface area contributed by atoms with Crippen molar-refractivity contribution in [3.05, 3.63) is 83.7 Å². The van der Waals surface area contributed by atoms with Crippen LogP contribution in [0.2, 0.25) is 0 Å². The number of carboxylic acid groups (broad SMARTS) is 1. The summed E-state index contributed by atoms with van der Waals surface area (Å²) in [6.45, 7) is 2.79. The van der Waals surface area contributed by atoms with Gasteiger partial charge >= 0.3 is 5.97 Å². The summed E-state index contributed by atoms with van der Waals surface area (Å²) in [5.74, 6) is -0.898. The van der Waals surface area contributed by atoms with E-state index in [0.29, 0.717) is 12.2 Å². The average molecular weight is 347 g/mol. The fraction of sp³-hybridized carbons (Fsp3) is 0.261. The van der Waals surface area contributed by atoms with Crippen LogP contribution in [-0.2, 0) is 13.0 Å². The van der Waals surface area contributed by atoms with Crippen LogP contribution in [-0.4, -0.2) is 15.6 Å². The summed E-state index contributed by atoms with van der Waals surface area (Å²) in [7, 11) is 0. The van der Waals surface area contributed by atoms with Gasteiger partial charge in [-0.25, -0.2) is 4.79 Å². The van der Waals surface area contributed by atoms with Gasteiger partial charge < -0.3 is 9.67 Å². The molecule has 0 radical (unpaired) electrons. The number of rotatable bonds is 8. The lowest BCUT2D eigenvalue weighted by Crippen LogP contribution is -2.08. The van der Waals surface area contributed by atoms with Crippen molar-refractivity contribution >= 4 is 5.97 Å². The van der Waals surface area contributed by atoms with Gasteiger partial charge in [-0.3, -0.25) is 0 Å². The topological polar surface area (TPSA) is 42.2 Å². The van der Waals surface area contributed by atoms with Crippen LogP contribution in [0.5, 0.6) is 0 Å². The van der Waals surface area contributed by atoms with E-state index in [0.717, 1.165) is 12.0 Å². The Bertz CT molecular complexity index is 845. The Morgan fingerprint density at radius 3 is 2.08 bits per heavy atom. The van der Waals surface area contributed by atoms with Crippen molar-refractivity contribution < 1.29 is 9.90 Å². The second kappa shape index (κ2) is 8.52. The number of carboxylic acids is 1.